The normalized spacial score (nSPS) is 10.4. The first-order chi connectivity index (χ1) is 13.0. The number of nitrogens with one attached hydrogen (secondary N) is 1. The molecule has 0 aliphatic carbocycles. The molecule has 2 aromatic carbocycles. The maximum absolute atomic E-state index is 12.3. The largest absolute Gasteiger partial charge is 0.497 e. The maximum atomic E-state index is 12.3. The van der Waals surface area contributed by atoms with Gasteiger partial charge in [0.1, 0.15) is 5.75 Å². The molecule has 0 atom stereocenters. The van der Waals surface area contributed by atoms with Gasteiger partial charge in [0.15, 0.2) is 11.5 Å². The Labute approximate surface area is 157 Å². The number of ether oxygens (including phenoxy) is 4. The van der Waals surface area contributed by atoms with Crippen LogP contribution in [0.1, 0.15) is 15.9 Å². The van der Waals surface area contributed by atoms with E-state index in [-0.39, 0.29) is 11.3 Å². The fraction of sp³-hybridized carbons (Fsp3) is 0.200. The van der Waals surface area contributed by atoms with Crippen molar-refractivity contribution in [1.82, 2.24) is 0 Å². The minimum atomic E-state index is -0.606. The van der Waals surface area contributed by atoms with Crippen LogP contribution in [-0.4, -0.2) is 40.3 Å². The summed E-state index contributed by atoms with van der Waals surface area (Å²) >= 11 is 0. The van der Waals surface area contributed by atoms with Crippen LogP contribution < -0.4 is 19.5 Å². The molecule has 1 N–H and O–H groups in total. The standard InChI is InChI=1S/C20H21NO6/c1-24-14-8-5-13(6-9-14)7-10-19(22)21-16-12-18(26-3)17(25-2)11-15(16)20(23)27-4/h5-12H,1-4H3,(H,21,22). The van der Waals surface area contributed by atoms with Gasteiger partial charge in [-0.15, -0.1) is 0 Å². The molecule has 27 heavy (non-hydrogen) atoms. The van der Waals surface area contributed by atoms with Gasteiger partial charge < -0.3 is 24.3 Å². The lowest BCUT2D eigenvalue weighted by Gasteiger charge is -2.14. The number of rotatable bonds is 7. The minimum absolute atomic E-state index is 0.154. The second-order valence-corrected chi connectivity index (χ2v) is 5.34. The number of methoxy groups -OCH3 is 4. The predicted octanol–water partition coefficient (Wildman–Crippen LogP) is 3.15. The molecule has 0 aliphatic heterocycles. The highest BCUT2D eigenvalue weighted by Gasteiger charge is 2.18. The number of hydrogen-bond acceptors (Lipinski definition) is 6. The van der Waals surface area contributed by atoms with Crippen molar-refractivity contribution < 1.29 is 28.5 Å². The lowest BCUT2D eigenvalue weighted by atomic mass is 10.1. The topological polar surface area (TPSA) is 83.1 Å². The van der Waals surface area contributed by atoms with Crippen LogP contribution in [-0.2, 0) is 9.53 Å². The van der Waals surface area contributed by atoms with Crippen LogP contribution in [0.25, 0.3) is 6.08 Å². The lowest BCUT2D eigenvalue weighted by molar-refractivity contribution is -0.111. The van der Waals surface area contributed by atoms with Gasteiger partial charge in [0.2, 0.25) is 5.91 Å². The van der Waals surface area contributed by atoms with Crippen LogP contribution in [0.15, 0.2) is 42.5 Å². The summed E-state index contributed by atoms with van der Waals surface area (Å²) in [5.74, 6) is 0.433. The van der Waals surface area contributed by atoms with E-state index in [9.17, 15) is 9.59 Å². The number of anilines is 1. The molecular formula is C20H21NO6. The zero-order valence-electron chi connectivity index (χ0n) is 15.6. The third-order valence-electron chi connectivity index (χ3n) is 3.73. The summed E-state index contributed by atoms with van der Waals surface area (Å²) in [5, 5.41) is 2.66. The predicted molar refractivity (Wildman–Crippen MR) is 102 cm³/mol. The molecule has 0 saturated carbocycles. The first-order valence-electron chi connectivity index (χ1n) is 7.99. The number of benzene rings is 2. The van der Waals surface area contributed by atoms with Gasteiger partial charge in [-0.3, -0.25) is 4.79 Å². The van der Waals surface area contributed by atoms with Crippen molar-refractivity contribution in [2.24, 2.45) is 0 Å². The van der Waals surface area contributed by atoms with Crippen molar-refractivity contribution in [1.29, 1.82) is 0 Å². The Kier molecular flexibility index (Phi) is 6.82. The van der Waals surface area contributed by atoms with E-state index >= 15 is 0 Å². The molecule has 142 valence electrons. The Hall–Kier alpha value is -3.48. The summed E-state index contributed by atoms with van der Waals surface area (Å²) in [5.41, 5.74) is 1.23. The van der Waals surface area contributed by atoms with Crippen molar-refractivity contribution in [2.75, 3.05) is 33.8 Å². The zero-order valence-corrected chi connectivity index (χ0v) is 15.6. The number of carbonyl (C=O) groups is 2. The van der Waals surface area contributed by atoms with Crippen LogP contribution in [0.5, 0.6) is 17.2 Å². The number of carbonyl (C=O) groups excluding carboxylic acids is 2. The second kappa shape index (κ2) is 9.28. The highest BCUT2D eigenvalue weighted by Crippen LogP contribution is 2.33. The van der Waals surface area contributed by atoms with E-state index in [2.05, 4.69) is 5.32 Å². The summed E-state index contributed by atoms with van der Waals surface area (Å²) in [4.78, 5) is 24.3. The van der Waals surface area contributed by atoms with Crippen LogP contribution in [0.3, 0.4) is 0 Å². The van der Waals surface area contributed by atoms with Crippen LogP contribution >= 0.6 is 0 Å². The van der Waals surface area contributed by atoms with E-state index in [0.717, 1.165) is 11.3 Å². The minimum Gasteiger partial charge on any atom is -0.497 e. The molecule has 2 aromatic rings. The SMILES string of the molecule is COC(=O)c1cc(OC)c(OC)cc1NC(=O)C=Cc1ccc(OC)cc1. The Morgan fingerprint density at radius 1 is 0.889 bits per heavy atom. The second-order valence-electron chi connectivity index (χ2n) is 5.34. The van der Waals surface area contributed by atoms with Gasteiger partial charge in [-0.05, 0) is 23.8 Å². The molecule has 1 amide bonds. The first-order valence-corrected chi connectivity index (χ1v) is 7.99. The molecule has 0 bridgehead atoms. The summed E-state index contributed by atoms with van der Waals surface area (Å²) in [7, 11) is 5.76. The molecule has 0 unspecified atom stereocenters. The van der Waals surface area contributed by atoms with Gasteiger partial charge >= 0.3 is 5.97 Å². The smallest absolute Gasteiger partial charge is 0.340 e. The van der Waals surface area contributed by atoms with Crippen LogP contribution in [0.4, 0.5) is 5.69 Å². The monoisotopic (exact) mass is 371 g/mol. The molecule has 0 saturated heterocycles. The maximum Gasteiger partial charge on any atom is 0.340 e. The molecular weight excluding hydrogens is 350 g/mol. The van der Waals surface area contributed by atoms with Crippen LogP contribution in [0.2, 0.25) is 0 Å². The molecule has 0 fully saturated rings. The number of hydrogen-bond donors (Lipinski definition) is 1. The van der Waals surface area contributed by atoms with Crippen LogP contribution in [0, 0.1) is 0 Å². The highest BCUT2D eigenvalue weighted by atomic mass is 16.5. The summed E-state index contributed by atoms with van der Waals surface area (Å²) < 4.78 is 20.3. The fourth-order valence-electron chi connectivity index (χ4n) is 2.32. The van der Waals surface area contributed by atoms with Gasteiger partial charge in [-0.1, -0.05) is 12.1 Å². The Morgan fingerprint density at radius 2 is 1.52 bits per heavy atom. The summed E-state index contributed by atoms with van der Waals surface area (Å²) in [6, 6.07) is 10.2. The summed E-state index contributed by atoms with van der Waals surface area (Å²) in [6.45, 7) is 0. The van der Waals surface area contributed by atoms with Gasteiger partial charge in [0, 0.05) is 18.2 Å². The Balaban J connectivity index is 2.24. The van der Waals surface area contributed by atoms with E-state index in [0.29, 0.717) is 11.5 Å². The van der Waals surface area contributed by atoms with E-state index in [1.54, 1.807) is 25.3 Å². The Bertz CT molecular complexity index is 842. The summed E-state index contributed by atoms with van der Waals surface area (Å²) in [6.07, 6.45) is 3.01. The average molecular weight is 371 g/mol. The molecule has 7 heteroatoms. The molecule has 0 aromatic heterocycles. The van der Waals surface area contributed by atoms with Gasteiger partial charge in [0.25, 0.3) is 0 Å². The van der Waals surface area contributed by atoms with E-state index in [4.69, 9.17) is 18.9 Å². The zero-order chi connectivity index (χ0) is 19.8. The fourth-order valence-corrected chi connectivity index (χ4v) is 2.32. The molecule has 7 nitrogen and oxygen atoms in total. The van der Waals surface area contributed by atoms with Gasteiger partial charge in [0.05, 0.1) is 39.7 Å². The average Bonchev–Trinajstić information content (AvgIpc) is 2.71. The molecule has 2 rings (SSSR count). The van der Waals surface area contributed by atoms with Crippen molar-refractivity contribution >= 4 is 23.6 Å². The molecule has 0 aliphatic rings. The lowest BCUT2D eigenvalue weighted by Crippen LogP contribution is -2.13. The van der Waals surface area contributed by atoms with Gasteiger partial charge in [-0.25, -0.2) is 4.79 Å². The quantitative estimate of drug-likeness (QED) is 0.595. The third kappa shape index (κ3) is 5.01. The van der Waals surface area contributed by atoms with Crippen molar-refractivity contribution in [2.45, 2.75) is 0 Å². The Morgan fingerprint density at radius 3 is 2.07 bits per heavy atom. The molecule has 0 heterocycles. The third-order valence-corrected chi connectivity index (χ3v) is 3.73. The first kappa shape index (κ1) is 19.8. The number of amides is 1. The number of esters is 1. The van der Waals surface area contributed by atoms with Crippen molar-refractivity contribution in [3.05, 3.63) is 53.6 Å². The molecule has 0 radical (unpaired) electrons. The van der Waals surface area contributed by atoms with Crippen molar-refractivity contribution in [3.8, 4) is 17.2 Å². The van der Waals surface area contributed by atoms with E-state index in [1.165, 1.54) is 39.5 Å². The highest BCUT2D eigenvalue weighted by molar-refractivity contribution is 6.07. The van der Waals surface area contributed by atoms with E-state index in [1.807, 2.05) is 12.1 Å². The van der Waals surface area contributed by atoms with Gasteiger partial charge in [-0.2, -0.15) is 0 Å². The van der Waals surface area contributed by atoms with Crippen molar-refractivity contribution in [3.63, 3.8) is 0 Å². The molecule has 0 spiro atoms. The van der Waals surface area contributed by atoms with E-state index < -0.39 is 11.9 Å².